The fourth-order valence-electron chi connectivity index (χ4n) is 0. The average Bonchev–Trinajstić information content (AvgIpc) is 1.12. The molecule has 0 aromatic carbocycles. The van der Waals surface area contributed by atoms with Crippen molar-refractivity contribution in [1.29, 1.82) is 0 Å². The Balaban J connectivity index is -0.0000000267. The number of rotatable bonds is 0. The van der Waals surface area contributed by atoms with E-state index in [0.717, 1.165) is 0 Å². The van der Waals surface area contributed by atoms with Crippen LogP contribution in [0.5, 0.6) is 0 Å². The van der Waals surface area contributed by atoms with Gasteiger partial charge in [0.1, 0.15) is 0 Å². The van der Waals surface area contributed by atoms with Crippen molar-refractivity contribution in [2.75, 3.05) is 0 Å². The van der Waals surface area contributed by atoms with Crippen LogP contribution in [0.4, 0.5) is 0 Å². The Morgan fingerprint density at radius 1 is 1.08 bits per heavy atom. The third kappa shape index (κ3) is 347. The van der Waals surface area contributed by atoms with Gasteiger partial charge in [-0.3, -0.25) is 8.42 Å². The molecule has 0 bridgehead atoms. The summed E-state index contributed by atoms with van der Waals surface area (Å²) in [6.45, 7) is 0. The standard InChI is InChI=1S/K.H3N.Na.H3O4P.H2O4S/c;;;2*1-5(2,3)4/h;1H3;;(H3,1,2,3,4);(H2,1,2,3,4)/q+1;;+1;;/p-2. The Morgan fingerprint density at radius 2 is 1.08 bits per heavy atom. The van der Waals surface area contributed by atoms with Crippen LogP contribution in [0.3, 0.4) is 0 Å². The molecule has 0 fully saturated rings. The van der Waals surface area contributed by atoms with Crippen LogP contribution in [0.25, 0.3) is 0 Å². The quantitative estimate of drug-likeness (QED) is 0.143. The fraction of sp³-hybridized carbons (Fsp3) is 0. The molecule has 0 amide bonds. The monoisotopic (exact) mass is 273 g/mol. The first-order valence-electron chi connectivity index (χ1n) is 1.45. The van der Waals surface area contributed by atoms with Crippen LogP contribution in [-0.4, -0.2) is 32.2 Å². The van der Waals surface area contributed by atoms with E-state index in [0.29, 0.717) is 0 Å². The van der Waals surface area contributed by atoms with Gasteiger partial charge < -0.3 is 29.9 Å². The van der Waals surface area contributed by atoms with Gasteiger partial charge in [-0.1, -0.05) is 0 Å². The summed E-state index contributed by atoms with van der Waals surface area (Å²) in [5.41, 5.74) is 0. The van der Waals surface area contributed by atoms with Gasteiger partial charge in [-0.2, -0.15) is 0 Å². The predicted molar refractivity (Wildman–Crippen MR) is 29.8 cm³/mol. The third-order valence-corrected chi connectivity index (χ3v) is 0. The van der Waals surface area contributed by atoms with Crippen LogP contribution in [0, 0.1) is 0 Å². The van der Waals surface area contributed by atoms with Gasteiger partial charge in [0.15, 0.2) is 0 Å². The van der Waals surface area contributed by atoms with Crippen molar-refractivity contribution in [1.82, 2.24) is 6.15 Å². The van der Waals surface area contributed by atoms with Gasteiger partial charge in [-0.05, 0) is 0 Å². The summed E-state index contributed by atoms with van der Waals surface area (Å²) >= 11 is 0. The second-order valence-electron chi connectivity index (χ2n) is 0.922. The molecule has 0 aromatic heterocycles. The number of hydrogen-bond donors (Lipinski definition) is 4. The Kier molecular flexibility index (Phi) is 28.8. The molecule has 0 aliphatic rings. The van der Waals surface area contributed by atoms with Gasteiger partial charge in [0, 0.05) is 10.4 Å². The number of hydrogen-bond acceptors (Lipinski definition) is 6. The van der Waals surface area contributed by atoms with Crippen LogP contribution in [-0.2, 0) is 15.0 Å². The van der Waals surface area contributed by atoms with Crippen molar-refractivity contribution in [3.05, 3.63) is 0 Å². The second-order valence-corrected chi connectivity index (χ2v) is 2.76. The second kappa shape index (κ2) is 12.6. The molecule has 0 heterocycles. The van der Waals surface area contributed by atoms with E-state index in [9.17, 15) is 0 Å². The van der Waals surface area contributed by atoms with E-state index >= 15 is 0 Å². The van der Waals surface area contributed by atoms with E-state index in [1.54, 1.807) is 0 Å². The molecule has 0 unspecified atom stereocenters. The van der Waals surface area contributed by atoms with Crippen molar-refractivity contribution >= 4 is 18.2 Å². The maximum Gasteiger partial charge on any atom is 1.00 e. The summed E-state index contributed by atoms with van der Waals surface area (Å²) in [5, 5.41) is 0. The minimum atomic E-state index is -5.17. The molecule has 6 N–H and O–H groups in total. The summed E-state index contributed by atoms with van der Waals surface area (Å²) in [6.07, 6.45) is 0. The third-order valence-electron chi connectivity index (χ3n) is 0. The molecule has 0 radical (unpaired) electrons. The molecule has 0 aliphatic carbocycles. The van der Waals surface area contributed by atoms with Crippen LogP contribution >= 0.6 is 7.82 Å². The summed E-state index contributed by atoms with van der Waals surface area (Å²) in [4.78, 5) is 21.6. The van der Waals surface area contributed by atoms with Crippen LogP contribution in [0.1, 0.15) is 0 Å². The predicted octanol–water partition coefficient (Wildman–Crippen LogP) is -8.10. The molecule has 0 saturated heterocycles. The van der Waals surface area contributed by atoms with Gasteiger partial charge in [0.25, 0.3) is 0 Å². The van der Waals surface area contributed by atoms with E-state index in [-0.39, 0.29) is 87.1 Å². The van der Waals surface area contributed by atoms with Gasteiger partial charge in [-0.25, -0.2) is 4.57 Å². The first-order valence-corrected chi connectivity index (χ1v) is 4.35. The maximum absolute atomic E-state index is 8.88. The van der Waals surface area contributed by atoms with Crippen molar-refractivity contribution in [3.63, 3.8) is 0 Å². The Hall–Kier alpha value is 2.58. The van der Waals surface area contributed by atoms with E-state index in [1.807, 2.05) is 0 Å². The zero-order valence-electron chi connectivity index (χ0n) is 6.95. The molecule has 9 nitrogen and oxygen atoms in total. The SMILES string of the molecule is N.O=P(O)(O)O.O=S(=O)([O-])[O-].[K+].[Na+]. The first-order chi connectivity index (χ1) is 4.00. The topological polar surface area (TPSA) is 193 Å². The zero-order chi connectivity index (χ0) is 9.00. The van der Waals surface area contributed by atoms with E-state index in [1.165, 1.54) is 0 Å². The Bertz CT molecular complexity index is 202. The summed E-state index contributed by atoms with van der Waals surface area (Å²) in [5.74, 6) is 0. The summed E-state index contributed by atoms with van der Waals surface area (Å²) in [6, 6.07) is 0. The molecular weight excluding hydrogens is 267 g/mol. The van der Waals surface area contributed by atoms with Crippen molar-refractivity contribution in [2.45, 2.75) is 0 Å². The number of phosphoric acid groups is 1. The smallest absolute Gasteiger partial charge is 0.759 e. The van der Waals surface area contributed by atoms with Crippen LogP contribution in [0.15, 0.2) is 0 Å². The summed E-state index contributed by atoms with van der Waals surface area (Å²) in [7, 11) is -9.81. The van der Waals surface area contributed by atoms with E-state index in [2.05, 4.69) is 0 Å². The molecule has 72 valence electrons. The van der Waals surface area contributed by atoms with Crippen molar-refractivity contribution in [2.24, 2.45) is 0 Å². The van der Waals surface area contributed by atoms with E-state index in [4.69, 9.17) is 36.8 Å². The zero-order valence-corrected chi connectivity index (χ0v) is 13.8. The minimum absolute atomic E-state index is 0. The molecule has 13 heteroatoms. The molecule has 0 rings (SSSR count). The molecule has 0 aliphatic heterocycles. The molecule has 0 atom stereocenters. The average molecular weight is 273 g/mol. The fourth-order valence-corrected chi connectivity index (χ4v) is 0. The normalized spacial score (nSPS) is 9.00. The maximum atomic E-state index is 8.88. The Morgan fingerprint density at radius 3 is 1.08 bits per heavy atom. The van der Waals surface area contributed by atoms with Crippen LogP contribution < -0.4 is 87.1 Å². The van der Waals surface area contributed by atoms with Gasteiger partial charge in [0.2, 0.25) is 0 Å². The van der Waals surface area contributed by atoms with Crippen molar-refractivity contribution in [3.8, 4) is 0 Å². The van der Waals surface area contributed by atoms with E-state index < -0.39 is 18.2 Å². The Labute approximate surface area is 139 Å². The van der Waals surface area contributed by atoms with Gasteiger partial charge in [-0.15, -0.1) is 0 Å². The minimum Gasteiger partial charge on any atom is -0.759 e. The molecule has 13 heavy (non-hydrogen) atoms. The molecule has 0 aromatic rings. The van der Waals surface area contributed by atoms with Crippen LogP contribution in [0.2, 0.25) is 0 Å². The first kappa shape index (κ1) is 29.6. The van der Waals surface area contributed by atoms with Gasteiger partial charge in [0.05, 0.1) is 0 Å². The molecule has 0 saturated carbocycles. The molecular formula is H6KNNaO8PS. The van der Waals surface area contributed by atoms with Gasteiger partial charge >= 0.3 is 88.8 Å². The van der Waals surface area contributed by atoms with Crippen molar-refractivity contribution < 1.29 is 118 Å². The summed E-state index contributed by atoms with van der Waals surface area (Å²) < 4.78 is 43.0. The molecule has 0 spiro atoms. The largest absolute Gasteiger partial charge is 1.00 e.